The minimum atomic E-state index is -0.600. The molecule has 0 aliphatic carbocycles. The van der Waals surface area contributed by atoms with E-state index in [-0.39, 0.29) is 24.1 Å². The average Bonchev–Trinajstić information content (AvgIpc) is 3.12. The van der Waals surface area contributed by atoms with Gasteiger partial charge in [0.1, 0.15) is 17.8 Å². The molecule has 3 aliphatic heterocycles. The Morgan fingerprint density at radius 2 is 2.00 bits per heavy atom. The number of rotatable bonds is 3. The molecule has 0 aromatic heterocycles. The van der Waals surface area contributed by atoms with Crippen LogP contribution >= 0.6 is 11.8 Å². The van der Waals surface area contributed by atoms with Gasteiger partial charge in [0, 0.05) is 5.75 Å². The molecule has 1 spiro atoms. The molecule has 0 saturated carbocycles. The van der Waals surface area contributed by atoms with Gasteiger partial charge >= 0.3 is 0 Å². The maximum Gasteiger partial charge on any atom is 0.190 e. The maximum absolute atomic E-state index is 6.29. The molecule has 0 N–H and O–H groups in total. The lowest BCUT2D eigenvalue weighted by Crippen LogP contribution is -2.46. The van der Waals surface area contributed by atoms with Crippen molar-refractivity contribution in [3.05, 3.63) is 35.9 Å². The summed E-state index contributed by atoms with van der Waals surface area (Å²) in [4.78, 5) is 0. The number of fused-ring (bicyclic) bond motifs is 1. The number of thioether (sulfide) groups is 1. The Balaban J connectivity index is 1.53. The summed E-state index contributed by atoms with van der Waals surface area (Å²) in [6.07, 6.45) is 0.471. The fraction of sp³-hybridized carbons (Fsp3) is 0.647. The number of ether oxygens (including phenoxy) is 4. The molecule has 22 heavy (non-hydrogen) atoms. The van der Waals surface area contributed by atoms with E-state index < -0.39 is 5.79 Å². The van der Waals surface area contributed by atoms with Gasteiger partial charge in [-0.3, -0.25) is 0 Å². The van der Waals surface area contributed by atoms with Crippen molar-refractivity contribution < 1.29 is 18.9 Å². The van der Waals surface area contributed by atoms with E-state index in [1.807, 2.05) is 43.8 Å². The van der Waals surface area contributed by atoms with Crippen LogP contribution in [0.2, 0.25) is 0 Å². The normalized spacial score (nSPS) is 39.5. The van der Waals surface area contributed by atoms with E-state index in [1.165, 1.54) is 5.56 Å². The lowest BCUT2D eigenvalue weighted by Gasteiger charge is -2.33. The highest BCUT2D eigenvalue weighted by atomic mass is 32.2. The average molecular weight is 322 g/mol. The number of hydrogen-bond acceptors (Lipinski definition) is 5. The van der Waals surface area contributed by atoms with E-state index in [4.69, 9.17) is 18.9 Å². The second kappa shape index (κ2) is 5.49. The lowest BCUT2D eigenvalue weighted by molar-refractivity contribution is -0.239. The number of benzene rings is 1. The van der Waals surface area contributed by atoms with Gasteiger partial charge in [0.05, 0.1) is 6.61 Å². The van der Waals surface area contributed by atoms with Crippen LogP contribution in [0, 0.1) is 0 Å². The molecule has 3 heterocycles. The lowest BCUT2D eigenvalue weighted by atomic mass is 9.94. The molecule has 3 saturated heterocycles. The Morgan fingerprint density at radius 3 is 2.73 bits per heavy atom. The SMILES string of the molecule is CC1(C)O[C@H]2O[C@]3(CCSC3)[C@H](OCc3ccccc3)[C@H]2O1. The van der Waals surface area contributed by atoms with Gasteiger partial charge in [0.25, 0.3) is 0 Å². The monoisotopic (exact) mass is 322 g/mol. The van der Waals surface area contributed by atoms with Gasteiger partial charge in [-0.15, -0.1) is 0 Å². The van der Waals surface area contributed by atoms with E-state index >= 15 is 0 Å². The highest BCUT2D eigenvalue weighted by Crippen LogP contribution is 2.49. The molecule has 1 aromatic carbocycles. The molecule has 3 fully saturated rings. The summed E-state index contributed by atoms with van der Waals surface area (Å²) in [6.45, 7) is 4.44. The Morgan fingerprint density at radius 1 is 1.18 bits per heavy atom. The fourth-order valence-corrected chi connectivity index (χ4v) is 4.89. The first kappa shape index (κ1) is 15.0. The van der Waals surface area contributed by atoms with Crippen LogP contribution in [0.1, 0.15) is 25.8 Å². The summed E-state index contributed by atoms with van der Waals surface area (Å²) in [7, 11) is 0. The first-order valence-electron chi connectivity index (χ1n) is 7.85. The molecule has 0 unspecified atom stereocenters. The summed E-state index contributed by atoms with van der Waals surface area (Å²) >= 11 is 1.92. The van der Waals surface area contributed by atoms with Crippen LogP contribution in [-0.2, 0) is 25.6 Å². The number of hydrogen-bond donors (Lipinski definition) is 0. The molecule has 0 bridgehead atoms. The van der Waals surface area contributed by atoms with Gasteiger partial charge in [0.15, 0.2) is 12.1 Å². The third-order valence-electron chi connectivity index (χ3n) is 4.54. The van der Waals surface area contributed by atoms with Crippen molar-refractivity contribution in [2.45, 2.75) is 56.8 Å². The van der Waals surface area contributed by atoms with Crippen LogP contribution in [0.15, 0.2) is 30.3 Å². The van der Waals surface area contributed by atoms with Crippen molar-refractivity contribution in [3.63, 3.8) is 0 Å². The van der Waals surface area contributed by atoms with E-state index in [2.05, 4.69) is 12.1 Å². The quantitative estimate of drug-likeness (QED) is 0.855. The smallest absolute Gasteiger partial charge is 0.190 e. The minimum Gasteiger partial charge on any atom is -0.368 e. The summed E-state index contributed by atoms with van der Waals surface area (Å²) in [5.41, 5.74) is 0.913. The van der Waals surface area contributed by atoms with Crippen molar-refractivity contribution in [2.24, 2.45) is 0 Å². The third kappa shape index (κ3) is 2.59. The molecule has 0 amide bonds. The van der Waals surface area contributed by atoms with Crippen molar-refractivity contribution in [1.29, 1.82) is 0 Å². The van der Waals surface area contributed by atoms with Crippen molar-refractivity contribution in [2.75, 3.05) is 11.5 Å². The summed E-state index contributed by atoms with van der Waals surface area (Å²) < 4.78 is 24.6. The van der Waals surface area contributed by atoms with Crippen molar-refractivity contribution >= 4 is 11.8 Å². The van der Waals surface area contributed by atoms with Gasteiger partial charge in [-0.25, -0.2) is 0 Å². The Kier molecular flexibility index (Phi) is 3.74. The van der Waals surface area contributed by atoms with Gasteiger partial charge in [-0.2, -0.15) is 11.8 Å². The summed E-state index contributed by atoms with van der Waals surface area (Å²) in [6, 6.07) is 10.3. The second-order valence-electron chi connectivity index (χ2n) is 6.67. The minimum absolute atomic E-state index is 0.0746. The standard InChI is InChI=1S/C17H22O4S/c1-16(2)19-13-14(18-10-12-6-4-3-5-7-12)17(8-9-22-11-17)21-15(13)20-16/h3-7,13-15H,8-11H2,1-2H3/t13-,14-,15+,17+/m1/s1. The van der Waals surface area contributed by atoms with Crippen LogP contribution in [-0.4, -0.2) is 41.4 Å². The Labute approximate surface area is 135 Å². The molecular weight excluding hydrogens is 300 g/mol. The van der Waals surface area contributed by atoms with Crippen LogP contribution in [0.4, 0.5) is 0 Å². The summed E-state index contributed by atoms with van der Waals surface area (Å²) in [5, 5.41) is 0. The first-order valence-corrected chi connectivity index (χ1v) is 9.00. The molecule has 3 aliphatic rings. The molecule has 120 valence electrons. The zero-order chi connectivity index (χ0) is 15.2. The van der Waals surface area contributed by atoms with Gasteiger partial charge in [-0.1, -0.05) is 30.3 Å². The predicted molar refractivity (Wildman–Crippen MR) is 84.6 cm³/mol. The fourth-order valence-electron chi connectivity index (χ4n) is 3.54. The topological polar surface area (TPSA) is 36.9 Å². The molecule has 1 aromatic rings. The summed E-state index contributed by atoms with van der Waals surface area (Å²) in [5.74, 6) is 1.46. The molecule has 4 atom stereocenters. The van der Waals surface area contributed by atoms with E-state index in [0.29, 0.717) is 6.61 Å². The predicted octanol–water partition coefficient (Wildman–Crippen LogP) is 2.96. The largest absolute Gasteiger partial charge is 0.368 e. The van der Waals surface area contributed by atoms with E-state index in [0.717, 1.165) is 17.9 Å². The second-order valence-corrected chi connectivity index (χ2v) is 7.78. The van der Waals surface area contributed by atoms with Crippen molar-refractivity contribution in [3.8, 4) is 0 Å². The third-order valence-corrected chi connectivity index (χ3v) is 5.73. The molecule has 4 nitrogen and oxygen atoms in total. The zero-order valence-electron chi connectivity index (χ0n) is 13.0. The van der Waals surface area contributed by atoms with E-state index in [9.17, 15) is 0 Å². The van der Waals surface area contributed by atoms with Gasteiger partial charge in [0.2, 0.25) is 0 Å². The van der Waals surface area contributed by atoms with Crippen LogP contribution in [0.3, 0.4) is 0 Å². The Bertz CT molecular complexity index is 527. The molecule has 4 rings (SSSR count). The zero-order valence-corrected chi connectivity index (χ0v) is 13.8. The molecular formula is C17H22O4S. The first-order chi connectivity index (χ1) is 10.6. The van der Waals surface area contributed by atoms with Gasteiger partial charge < -0.3 is 18.9 Å². The maximum atomic E-state index is 6.29. The van der Waals surface area contributed by atoms with E-state index in [1.54, 1.807) is 0 Å². The highest BCUT2D eigenvalue weighted by Gasteiger charge is 2.63. The van der Waals surface area contributed by atoms with Crippen LogP contribution in [0.5, 0.6) is 0 Å². The van der Waals surface area contributed by atoms with Gasteiger partial charge in [-0.05, 0) is 31.6 Å². The highest BCUT2D eigenvalue weighted by molar-refractivity contribution is 7.99. The van der Waals surface area contributed by atoms with Crippen LogP contribution < -0.4 is 0 Å². The molecule has 0 radical (unpaired) electrons. The van der Waals surface area contributed by atoms with Crippen LogP contribution in [0.25, 0.3) is 0 Å². The Hall–Kier alpha value is -0.590. The van der Waals surface area contributed by atoms with Crippen molar-refractivity contribution in [1.82, 2.24) is 0 Å². The molecule has 5 heteroatoms.